The maximum atomic E-state index is 12.4. The van der Waals surface area contributed by atoms with Crippen LogP contribution in [0.5, 0.6) is 0 Å². The highest BCUT2D eigenvalue weighted by atomic mass is 32.2. The minimum atomic E-state index is -3.16. The number of likely N-dealkylation sites (tertiary alicyclic amines) is 1. The number of aryl methyl sites for hydroxylation is 1. The van der Waals surface area contributed by atoms with E-state index in [4.69, 9.17) is 0 Å². The predicted molar refractivity (Wildman–Crippen MR) is 87.1 cm³/mol. The first-order valence-electron chi connectivity index (χ1n) is 7.73. The molecule has 0 bridgehead atoms. The van der Waals surface area contributed by atoms with Crippen LogP contribution in [0.1, 0.15) is 30.9 Å². The lowest BCUT2D eigenvalue weighted by molar-refractivity contribution is -0.131. The summed E-state index contributed by atoms with van der Waals surface area (Å²) in [6.45, 7) is 4.86. The van der Waals surface area contributed by atoms with Gasteiger partial charge in [0, 0.05) is 19.1 Å². The van der Waals surface area contributed by atoms with Crippen LogP contribution in [0.4, 0.5) is 0 Å². The van der Waals surface area contributed by atoms with E-state index in [9.17, 15) is 13.2 Å². The standard InChI is InChI=1S/C16H24N2O3S/c1-3-22(20,21)17-15-8-10-18(11-9-15)16(19)12-14-7-5-4-6-13(14)2/h4-7,15,17H,3,8-12H2,1-2H3. The molecule has 22 heavy (non-hydrogen) atoms. The van der Waals surface area contributed by atoms with Gasteiger partial charge in [-0.1, -0.05) is 24.3 Å². The van der Waals surface area contributed by atoms with Crippen molar-refractivity contribution in [3.63, 3.8) is 0 Å². The minimum absolute atomic E-state index is 0.0486. The first kappa shape index (κ1) is 17.0. The Kier molecular flexibility index (Phi) is 5.58. The van der Waals surface area contributed by atoms with Crippen LogP contribution >= 0.6 is 0 Å². The number of nitrogens with one attached hydrogen (secondary N) is 1. The molecule has 0 radical (unpaired) electrons. The van der Waals surface area contributed by atoms with Gasteiger partial charge in [0.25, 0.3) is 0 Å². The van der Waals surface area contributed by atoms with Crippen molar-refractivity contribution in [2.75, 3.05) is 18.8 Å². The van der Waals surface area contributed by atoms with Gasteiger partial charge in [0.15, 0.2) is 0 Å². The molecule has 0 aliphatic carbocycles. The van der Waals surface area contributed by atoms with Crippen LogP contribution in [0, 0.1) is 6.92 Å². The van der Waals surface area contributed by atoms with Gasteiger partial charge in [-0.05, 0) is 37.8 Å². The SMILES string of the molecule is CCS(=O)(=O)NC1CCN(C(=O)Cc2ccccc2C)CC1. The monoisotopic (exact) mass is 324 g/mol. The van der Waals surface area contributed by atoms with Crippen molar-refractivity contribution >= 4 is 15.9 Å². The summed E-state index contributed by atoms with van der Waals surface area (Å²) in [7, 11) is -3.16. The lowest BCUT2D eigenvalue weighted by Crippen LogP contribution is -2.47. The summed E-state index contributed by atoms with van der Waals surface area (Å²) >= 11 is 0. The van der Waals surface area contributed by atoms with Gasteiger partial charge in [0.05, 0.1) is 12.2 Å². The van der Waals surface area contributed by atoms with Crippen LogP contribution in [0.25, 0.3) is 0 Å². The summed E-state index contributed by atoms with van der Waals surface area (Å²) in [6.07, 6.45) is 1.77. The third-order valence-corrected chi connectivity index (χ3v) is 5.63. The number of amides is 1. The molecule has 6 heteroatoms. The molecule has 1 fully saturated rings. The molecule has 0 atom stereocenters. The van der Waals surface area contributed by atoms with Crippen LogP contribution in [0.2, 0.25) is 0 Å². The smallest absolute Gasteiger partial charge is 0.227 e. The van der Waals surface area contributed by atoms with Crippen LogP contribution in [0.3, 0.4) is 0 Å². The van der Waals surface area contributed by atoms with Crippen molar-refractivity contribution < 1.29 is 13.2 Å². The van der Waals surface area contributed by atoms with Crippen molar-refractivity contribution in [3.05, 3.63) is 35.4 Å². The van der Waals surface area contributed by atoms with Gasteiger partial charge in [-0.25, -0.2) is 13.1 Å². The van der Waals surface area contributed by atoms with Gasteiger partial charge in [-0.2, -0.15) is 0 Å². The number of hydrogen-bond donors (Lipinski definition) is 1. The summed E-state index contributed by atoms with van der Waals surface area (Å²) < 4.78 is 25.8. The molecule has 122 valence electrons. The molecular formula is C16H24N2O3S. The zero-order chi connectivity index (χ0) is 16.2. The molecule has 0 unspecified atom stereocenters. The summed E-state index contributed by atoms with van der Waals surface area (Å²) in [5, 5.41) is 0. The van der Waals surface area contributed by atoms with Crippen molar-refractivity contribution in [2.45, 2.75) is 39.2 Å². The highest BCUT2D eigenvalue weighted by molar-refractivity contribution is 7.89. The van der Waals surface area contributed by atoms with E-state index in [0.29, 0.717) is 32.4 Å². The molecular weight excluding hydrogens is 300 g/mol. The average molecular weight is 324 g/mol. The van der Waals surface area contributed by atoms with Gasteiger partial charge in [0.2, 0.25) is 15.9 Å². The Bertz CT molecular complexity index is 620. The third-order valence-electron chi connectivity index (χ3n) is 4.18. The quantitative estimate of drug-likeness (QED) is 0.892. The number of carbonyl (C=O) groups excluding carboxylic acids is 1. The van der Waals surface area contributed by atoms with E-state index in [1.807, 2.05) is 36.1 Å². The molecule has 1 aromatic rings. The van der Waals surface area contributed by atoms with E-state index >= 15 is 0 Å². The molecule has 1 aromatic carbocycles. The molecule has 1 N–H and O–H groups in total. The number of benzene rings is 1. The Hall–Kier alpha value is -1.40. The van der Waals surface area contributed by atoms with Gasteiger partial charge < -0.3 is 4.90 Å². The first-order chi connectivity index (χ1) is 10.4. The molecule has 1 heterocycles. The second-order valence-corrected chi connectivity index (χ2v) is 7.82. The molecule has 1 aliphatic heterocycles. The number of piperidine rings is 1. The van der Waals surface area contributed by atoms with Gasteiger partial charge >= 0.3 is 0 Å². The second kappa shape index (κ2) is 7.24. The fourth-order valence-electron chi connectivity index (χ4n) is 2.67. The predicted octanol–water partition coefficient (Wildman–Crippen LogP) is 1.47. The molecule has 0 spiro atoms. The zero-order valence-electron chi connectivity index (χ0n) is 13.2. The first-order valence-corrected chi connectivity index (χ1v) is 9.39. The van der Waals surface area contributed by atoms with Crippen LogP contribution < -0.4 is 4.72 Å². The fourth-order valence-corrected chi connectivity index (χ4v) is 3.58. The highest BCUT2D eigenvalue weighted by Crippen LogP contribution is 2.15. The van der Waals surface area contributed by atoms with Crippen molar-refractivity contribution in [2.24, 2.45) is 0 Å². The van der Waals surface area contributed by atoms with E-state index in [1.54, 1.807) is 6.92 Å². The minimum Gasteiger partial charge on any atom is -0.342 e. The third kappa shape index (κ3) is 4.55. The average Bonchev–Trinajstić information content (AvgIpc) is 2.50. The molecule has 2 rings (SSSR count). The van der Waals surface area contributed by atoms with E-state index in [0.717, 1.165) is 11.1 Å². The van der Waals surface area contributed by atoms with Gasteiger partial charge in [-0.3, -0.25) is 4.79 Å². The van der Waals surface area contributed by atoms with E-state index in [1.165, 1.54) is 0 Å². The van der Waals surface area contributed by atoms with Crippen LogP contribution in [0.15, 0.2) is 24.3 Å². The second-order valence-electron chi connectivity index (χ2n) is 5.78. The Balaban J connectivity index is 1.86. The summed E-state index contributed by atoms with van der Waals surface area (Å²) in [4.78, 5) is 14.2. The van der Waals surface area contributed by atoms with Crippen molar-refractivity contribution in [1.82, 2.24) is 9.62 Å². The normalized spacial score (nSPS) is 16.7. The van der Waals surface area contributed by atoms with Crippen molar-refractivity contribution in [3.8, 4) is 0 Å². The number of nitrogens with zero attached hydrogens (tertiary/aromatic N) is 1. The fraction of sp³-hybridized carbons (Fsp3) is 0.562. The highest BCUT2D eigenvalue weighted by Gasteiger charge is 2.25. The van der Waals surface area contributed by atoms with E-state index in [2.05, 4.69) is 4.72 Å². The molecule has 5 nitrogen and oxygen atoms in total. The summed E-state index contributed by atoms with van der Waals surface area (Å²) in [5.41, 5.74) is 2.18. The maximum Gasteiger partial charge on any atom is 0.227 e. The summed E-state index contributed by atoms with van der Waals surface area (Å²) in [5.74, 6) is 0.213. The topological polar surface area (TPSA) is 66.5 Å². The number of rotatable bonds is 5. The Morgan fingerprint density at radius 2 is 1.91 bits per heavy atom. The summed E-state index contributed by atoms with van der Waals surface area (Å²) in [6, 6.07) is 7.85. The largest absolute Gasteiger partial charge is 0.342 e. The van der Waals surface area contributed by atoms with Gasteiger partial charge in [0.1, 0.15) is 0 Å². The molecule has 1 saturated heterocycles. The lowest BCUT2D eigenvalue weighted by Gasteiger charge is -2.32. The van der Waals surface area contributed by atoms with Crippen LogP contribution in [-0.4, -0.2) is 44.1 Å². The molecule has 0 saturated carbocycles. The Morgan fingerprint density at radius 1 is 1.27 bits per heavy atom. The van der Waals surface area contributed by atoms with E-state index in [-0.39, 0.29) is 17.7 Å². The molecule has 1 aliphatic rings. The molecule has 0 aromatic heterocycles. The zero-order valence-corrected chi connectivity index (χ0v) is 14.0. The van der Waals surface area contributed by atoms with Crippen molar-refractivity contribution in [1.29, 1.82) is 0 Å². The van der Waals surface area contributed by atoms with E-state index < -0.39 is 10.0 Å². The Labute approximate surface area is 132 Å². The van der Waals surface area contributed by atoms with Crippen LogP contribution in [-0.2, 0) is 21.2 Å². The number of hydrogen-bond acceptors (Lipinski definition) is 3. The maximum absolute atomic E-state index is 12.4. The molecule has 1 amide bonds. The number of carbonyl (C=O) groups is 1. The number of sulfonamides is 1. The Morgan fingerprint density at radius 3 is 2.50 bits per heavy atom. The lowest BCUT2D eigenvalue weighted by atomic mass is 10.0. The van der Waals surface area contributed by atoms with Gasteiger partial charge in [-0.15, -0.1) is 0 Å².